The van der Waals surface area contributed by atoms with Gasteiger partial charge in [0.15, 0.2) is 0 Å². The lowest BCUT2D eigenvalue weighted by molar-refractivity contribution is 0.323. The Kier molecular flexibility index (Phi) is 5.00. The molecule has 1 aromatic heterocycles. The van der Waals surface area contributed by atoms with Gasteiger partial charge in [0.25, 0.3) is 0 Å². The van der Waals surface area contributed by atoms with E-state index in [0.29, 0.717) is 18.4 Å². The van der Waals surface area contributed by atoms with Crippen molar-refractivity contribution in [1.82, 2.24) is 9.97 Å². The van der Waals surface area contributed by atoms with E-state index in [9.17, 15) is 0 Å². The molecular weight excluding hydrogens is 238 g/mol. The normalized spacial score (nSPS) is 14.2. The standard InChI is InChI=1S/C12H20ClN3O/c1-5-12(4,7-13)16-10-9(3)11(17-6-2)15-8-14-10/h8H,5-7H2,1-4H3,(H,14,15,16). The fourth-order valence-corrected chi connectivity index (χ4v) is 1.60. The number of hydrogen-bond acceptors (Lipinski definition) is 4. The molecule has 0 fully saturated rings. The van der Waals surface area contributed by atoms with E-state index < -0.39 is 0 Å². The first-order valence-corrected chi connectivity index (χ1v) is 6.38. The summed E-state index contributed by atoms with van der Waals surface area (Å²) in [7, 11) is 0. The second-order valence-electron chi connectivity index (χ2n) is 4.26. The Hall–Kier alpha value is -1.03. The minimum atomic E-state index is -0.163. The van der Waals surface area contributed by atoms with Crippen LogP contribution in [0.5, 0.6) is 5.88 Å². The zero-order valence-corrected chi connectivity index (χ0v) is 11.6. The van der Waals surface area contributed by atoms with E-state index in [-0.39, 0.29) is 5.54 Å². The average Bonchev–Trinajstić information content (AvgIpc) is 2.34. The first kappa shape index (κ1) is 14.0. The lowest BCUT2D eigenvalue weighted by Crippen LogP contribution is -2.36. The lowest BCUT2D eigenvalue weighted by Gasteiger charge is -2.28. The van der Waals surface area contributed by atoms with E-state index in [2.05, 4.69) is 29.1 Å². The van der Waals surface area contributed by atoms with Crippen LogP contribution < -0.4 is 10.1 Å². The van der Waals surface area contributed by atoms with Crippen LogP contribution in [0.25, 0.3) is 0 Å². The van der Waals surface area contributed by atoms with Gasteiger partial charge in [0.05, 0.1) is 12.2 Å². The zero-order chi connectivity index (χ0) is 12.9. The monoisotopic (exact) mass is 257 g/mol. The van der Waals surface area contributed by atoms with Gasteiger partial charge in [0.2, 0.25) is 5.88 Å². The molecule has 96 valence electrons. The van der Waals surface area contributed by atoms with Crippen molar-refractivity contribution in [3.8, 4) is 5.88 Å². The number of anilines is 1. The molecule has 4 nitrogen and oxygen atoms in total. The highest BCUT2D eigenvalue weighted by molar-refractivity contribution is 6.18. The minimum Gasteiger partial charge on any atom is -0.478 e. The number of halogens is 1. The third-order valence-corrected chi connectivity index (χ3v) is 3.40. The van der Waals surface area contributed by atoms with Gasteiger partial charge >= 0.3 is 0 Å². The molecule has 0 aliphatic carbocycles. The maximum atomic E-state index is 5.97. The van der Waals surface area contributed by atoms with Gasteiger partial charge in [-0.1, -0.05) is 6.92 Å². The molecule has 0 radical (unpaired) electrons. The smallest absolute Gasteiger partial charge is 0.221 e. The second-order valence-corrected chi connectivity index (χ2v) is 4.53. The molecule has 0 spiro atoms. The highest BCUT2D eigenvalue weighted by Crippen LogP contribution is 2.25. The van der Waals surface area contributed by atoms with E-state index in [1.54, 1.807) is 0 Å². The van der Waals surface area contributed by atoms with Crippen LogP contribution in [0, 0.1) is 6.92 Å². The first-order chi connectivity index (χ1) is 8.06. The Morgan fingerprint density at radius 3 is 2.65 bits per heavy atom. The molecule has 1 atom stereocenters. The van der Waals surface area contributed by atoms with E-state index in [4.69, 9.17) is 16.3 Å². The molecule has 5 heteroatoms. The van der Waals surface area contributed by atoms with Gasteiger partial charge in [-0.25, -0.2) is 9.97 Å². The van der Waals surface area contributed by atoms with Crippen molar-refractivity contribution in [2.45, 2.75) is 39.7 Å². The summed E-state index contributed by atoms with van der Waals surface area (Å²) in [5.41, 5.74) is 0.753. The largest absolute Gasteiger partial charge is 0.478 e. The fraction of sp³-hybridized carbons (Fsp3) is 0.667. The molecule has 0 amide bonds. The topological polar surface area (TPSA) is 47.0 Å². The molecule has 0 aliphatic heterocycles. The summed E-state index contributed by atoms with van der Waals surface area (Å²) in [6.07, 6.45) is 2.43. The van der Waals surface area contributed by atoms with Crippen LogP contribution in [0.3, 0.4) is 0 Å². The predicted octanol–water partition coefficient (Wildman–Crippen LogP) is 3.00. The van der Waals surface area contributed by atoms with Crippen LogP contribution in [0.15, 0.2) is 6.33 Å². The maximum absolute atomic E-state index is 5.97. The summed E-state index contributed by atoms with van der Waals surface area (Å²) in [5, 5.41) is 3.36. The number of hydrogen-bond donors (Lipinski definition) is 1. The molecule has 0 aromatic carbocycles. The number of aromatic nitrogens is 2. The predicted molar refractivity (Wildman–Crippen MR) is 71.0 cm³/mol. The third-order valence-electron chi connectivity index (χ3n) is 2.81. The van der Waals surface area contributed by atoms with E-state index in [1.807, 2.05) is 13.8 Å². The molecule has 1 aromatic rings. The van der Waals surface area contributed by atoms with Gasteiger partial charge in [0, 0.05) is 11.4 Å². The van der Waals surface area contributed by atoms with Crippen LogP contribution in [0.4, 0.5) is 5.82 Å². The van der Waals surface area contributed by atoms with E-state index in [0.717, 1.165) is 17.8 Å². The highest BCUT2D eigenvalue weighted by Gasteiger charge is 2.22. The Bertz CT molecular complexity index is 367. The maximum Gasteiger partial charge on any atom is 0.221 e. The quantitative estimate of drug-likeness (QED) is 0.796. The molecule has 1 heterocycles. The molecular formula is C12H20ClN3O. The Balaban J connectivity index is 2.95. The van der Waals surface area contributed by atoms with Gasteiger partial charge < -0.3 is 10.1 Å². The summed E-state index contributed by atoms with van der Waals surface area (Å²) >= 11 is 5.97. The molecule has 0 bridgehead atoms. The SMILES string of the molecule is CCOc1ncnc(NC(C)(CC)CCl)c1C. The van der Waals surface area contributed by atoms with E-state index >= 15 is 0 Å². The summed E-state index contributed by atoms with van der Waals surface area (Å²) in [4.78, 5) is 8.35. The van der Waals surface area contributed by atoms with Gasteiger partial charge in [-0.15, -0.1) is 11.6 Å². The minimum absolute atomic E-state index is 0.163. The molecule has 0 saturated heterocycles. The summed E-state index contributed by atoms with van der Waals surface area (Å²) in [6, 6.07) is 0. The molecule has 0 aliphatic rings. The first-order valence-electron chi connectivity index (χ1n) is 5.84. The molecule has 17 heavy (non-hydrogen) atoms. The summed E-state index contributed by atoms with van der Waals surface area (Å²) < 4.78 is 5.43. The van der Waals surface area contributed by atoms with Crippen molar-refractivity contribution in [3.05, 3.63) is 11.9 Å². The molecule has 1 N–H and O–H groups in total. The highest BCUT2D eigenvalue weighted by atomic mass is 35.5. The second kappa shape index (κ2) is 6.05. The summed E-state index contributed by atoms with van der Waals surface area (Å²) in [6.45, 7) is 8.64. The third kappa shape index (κ3) is 3.46. The zero-order valence-electron chi connectivity index (χ0n) is 10.9. The fourth-order valence-electron chi connectivity index (χ4n) is 1.34. The van der Waals surface area contributed by atoms with Crippen LogP contribution in [-0.4, -0.2) is 28.0 Å². The lowest BCUT2D eigenvalue weighted by atomic mass is 10.0. The Morgan fingerprint density at radius 2 is 2.12 bits per heavy atom. The van der Waals surface area contributed by atoms with Gasteiger partial charge in [-0.3, -0.25) is 0 Å². The van der Waals surface area contributed by atoms with Crippen LogP contribution in [0.2, 0.25) is 0 Å². The average molecular weight is 258 g/mol. The van der Waals surface area contributed by atoms with Gasteiger partial charge in [-0.2, -0.15) is 0 Å². The number of nitrogens with one attached hydrogen (secondary N) is 1. The van der Waals surface area contributed by atoms with Crippen LogP contribution >= 0.6 is 11.6 Å². The molecule has 1 rings (SSSR count). The number of nitrogens with zero attached hydrogens (tertiary/aromatic N) is 2. The molecule has 0 saturated carbocycles. The summed E-state index contributed by atoms with van der Waals surface area (Å²) in [5.74, 6) is 1.93. The molecule has 1 unspecified atom stereocenters. The Labute approximate surface area is 108 Å². The Morgan fingerprint density at radius 1 is 1.41 bits per heavy atom. The van der Waals surface area contributed by atoms with Crippen molar-refractivity contribution in [3.63, 3.8) is 0 Å². The van der Waals surface area contributed by atoms with Crippen molar-refractivity contribution < 1.29 is 4.74 Å². The van der Waals surface area contributed by atoms with Gasteiger partial charge in [0.1, 0.15) is 12.1 Å². The van der Waals surface area contributed by atoms with Crippen LogP contribution in [-0.2, 0) is 0 Å². The van der Waals surface area contributed by atoms with Crippen molar-refractivity contribution in [2.75, 3.05) is 17.8 Å². The number of ether oxygens (including phenoxy) is 1. The van der Waals surface area contributed by atoms with E-state index in [1.165, 1.54) is 6.33 Å². The van der Waals surface area contributed by atoms with Gasteiger partial charge in [-0.05, 0) is 27.2 Å². The van der Waals surface area contributed by atoms with Crippen molar-refractivity contribution in [2.24, 2.45) is 0 Å². The van der Waals surface area contributed by atoms with Crippen molar-refractivity contribution >= 4 is 17.4 Å². The number of alkyl halides is 1. The number of rotatable bonds is 6. The van der Waals surface area contributed by atoms with Crippen molar-refractivity contribution in [1.29, 1.82) is 0 Å². The van der Waals surface area contributed by atoms with Crippen LogP contribution in [0.1, 0.15) is 32.8 Å².